The molecule has 4 aromatic rings. The molecule has 11 heteroatoms. The summed E-state index contributed by atoms with van der Waals surface area (Å²) in [5.74, 6) is 0.607. The first-order chi connectivity index (χ1) is 22.9. The van der Waals surface area contributed by atoms with E-state index < -0.39 is 11.6 Å². The molecule has 0 saturated carbocycles. The van der Waals surface area contributed by atoms with E-state index in [-0.39, 0.29) is 25.5 Å². The molecule has 47 heavy (non-hydrogen) atoms. The highest BCUT2D eigenvalue weighted by Gasteiger charge is 2.53. The van der Waals surface area contributed by atoms with Gasteiger partial charge in [-0.25, -0.2) is 10.4 Å². The van der Waals surface area contributed by atoms with E-state index >= 15 is 0 Å². The molecule has 1 aliphatic heterocycles. The Morgan fingerprint density at radius 2 is 1.70 bits per heavy atom. The number of nitrogens with zero attached hydrogens (tertiary/aromatic N) is 5. The first-order valence-corrected chi connectivity index (χ1v) is 15.5. The molecule has 0 aliphatic carbocycles. The molecule has 1 amide bonds. The van der Waals surface area contributed by atoms with Crippen LogP contribution in [0.4, 0.5) is 5.69 Å². The normalized spacial score (nSPS) is 16.8. The lowest BCUT2D eigenvalue weighted by Crippen LogP contribution is -2.53. The number of aliphatic hydroxyl groups is 1. The van der Waals surface area contributed by atoms with E-state index in [1.54, 1.807) is 0 Å². The minimum atomic E-state index is -1.43. The second kappa shape index (κ2) is 15.8. The number of anilines is 1. The fraction of sp³-hybridized carbons (Fsp3) is 0.278. The molecule has 1 heterocycles. The number of ether oxygens (including phenoxy) is 2. The third kappa shape index (κ3) is 8.09. The molecule has 4 aromatic carbocycles. The highest BCUT2D eigenvalue weighted by atomic mass is 16.5. The second-order valence-corrected chi connectivity index (χ2v) is 11.4. The predicted octanol–water partition coefficient (Wildman–Crippen LogP) is 5.64. The summed E-state index contributed by atoms with van der Waals surface area (Å²) in [5, 5.41) is 12.9. The SMILES string of the molecule is CN(C)c1ccc(CNNC(=O)[C@@]2(Cc3ccccc3CN=[N+]=[N-])N=C(c3ccc(OCCCO)cc3)O[C@H]2c2ccccc2)cc1. The van der Waals surface area contributed by atoms with Gasteiger partial charge in [-0.3, -0.25) is 10.2 Å². The zero-order valence-corrected chi connectivity index (χ0v) is 26.5. The van der Waals surface area contributed by atoms with Crippen molar-refractivity contribution in [1.82, 2.24) is 10.9 Å². The maximum Gasteiger partial charge on any atom is 0.266 e. The van der Waals surface area contributed by atoms with Crippen LogP contribution >= 0.6 is 0 Å². The van der Waals surface area contributed by atoms with Crippen LogP contribution in [0.5, 0.6) is 5.75 Å². The van der Waals surface area contributed by atoms with E-state index in [1.165, 1.54) is 0 Å². The molecule has 0 spiro atoms. The number of benzene rings is 4. The average molecular weight is 634 g/mol. The molecular weight excluding hydrogens is 594 g/mol. The number of carbonyl (C=O) groups is 1. The van der Waals surface area contributed by atoms with Crippen molar-refractivity contribution in [2.45, 2.75) is 37.6 Å². The minimum Gasteiger partial charge on any atom is -0.494 e. The van der Waals surface area contributed by atoms with Crippen molar-refractivity contribution in [3.05, 3.63) is 141 Å². The van der Waals surface area contributed by atoms with Gasteiger partial charge in [0.1, 0.15) is 5.75 Å². The van der Waals surface area contributed by atoms with Gasteiger partial charge in [-0.1, -0.05) is 71.8 Å². The first-order valence-electron chi connectivity index (χ1n) is 15.5. The largest absolute Gasteiger partial charge is 0.494 e. The zero-order valence-electron chi connectivity index (χ0n) is 26.5. The highest BCUT2D eigenvalue weighted by Crippen LogP contribution is 2.43. The smallest absolute Gasteiger partial charge is 0.266 e. The summed E-state index contributed by atoms with van der Waals surface area (Å²) in [5.41, 5.74) is 18.8. The molecule has 1 aliphatic rings. The van der Waals surface area contributed by atoms with Gasteiger partial charge in [0, 0.05) is 56.3 Å². The van der Waals surface area contributed by atoms with E-state index in [9.17, 15) is 4.79 Å². The van der Waals surface area contributed by atoms with Gasteiger partial charge in [-0.2, -0.15) is 0 Å². The number of aliphatic hydroxyl groups excluding tert-OH is 1. The van der Waals surface area contributed by atoms with E-state index in [2.05, 4.69) is 20.9 Å². The molecule has 0 aromatic heterocycles. The van der Waals surface area contributed by atoms with Gasteiger partial charge in [0.05, 0.1) is 13.2 Å². The van der Waals surface area contributed by atoms with Crippen LogP contribution in [0.3, 0.4) is 0 Å². The lowest BCUT2D eigenvalue weighted by Gasteiger charge is -2.31. The Balaban J connectivity index is 1.51. The lowest BCUT2D eigenvalue weighted by atomic mass is 9.81. The maximum absolute atomic E-state index is 14.5. The monoisotopic (exact) mass is 633 g/mol. The van der Waals surface area contributed by atoms with Crippen molar-refractivity contribution in [3.63, 3.8) is 0 Å². The zero-order chi connectivity index (χ0) is 33.1. The molecule has 5 rings (SSSR count). The van der Waals surface area contributed by atoms with Crippen molar-refractivity contribution >= 4 is 17.5 Å². The highest BCUT2D eigenvalue weighted by molar-refractivity contribution is 6.01. The van der Waals surface area contributed by atoms with E-state index in [1.807, 2.05) is 122 Å². The van der Waals surface area contributed by atoms with Gasteiger partial charge >= 0.3 is 0 Å². The number of hydrazine groups is 1. The number of nitrogens with one attached hydrogen (secondary N) is 2. The summed E-state index contributed by atoms with van der Waals surface area (Å²) in [7, 11) is 3.97. The molecular formula is C36H39N7O4. The molecule has 2 atom stereocenters. The fourth-order valence-corrected chi connectivity index (χ4v) is 5.44. The third-order valence-corrected chi connectivity index (χ3v) is 7.96. The van der Waals surface area contributed by atoms with E-state index in [4.69, 9.17) is 25.1 Å². The van der Waals surface area contributed by atoms with Gasteiger partial charge in [-0.15, -0.1) is 0 Å². The van der Waals surface area contributed by atoms with Crippen LogP contribution in [0.25, 0.3) is 10.4 Å². The number of rotatable bonds is 15. The standard InChI is InChI=1S/C36H39N7O4/c1-43(2)31-17-13-26(14-18-31)24-38-41-35(45)36(23-29-11-6-7-12-30(29)25-39-42-37)33(27-9-4-3-5-10-27)47-34(40-36)28-15-19-32(20-16-28)46-22-8-21-44/h3-7,9-20,33,38,44H,8,21-25H2,1-2H3,(H,41,45)/t33-,36-/m0/s1. The van der Waals surface area contributed by atoms with Crippen molar-refractivity contribution in [1.29, 1.82) is 0 Å². The Labute approximate surface area is 274 Å². The van der Waals surface area contributed by atoms with Crippen molar-refractivity contribution in [2.75, 3.05) is 32.2 Å². The number of aliphatic imine (C=N–C) groups is 1. The molecule has 0 saturated heterocycles. The van der Waals surface area contributed by atoms with Crippen LogP contribution in [-0.4, -0.2) is 49.8 Å². The quantitative estimate of drug-likeness (QED) is 0.0508. The predicted molar refractivity (Wildman–Crippen MR) is 182 cm³/mol. The van der Waals surface area contributed by atoms with Crippen LogP contribution in [0.15, 0.2) is 113 Å². The molecule has 11 nitrogen and oxygen atoms in total. The van der Waals surface area contributed by atoms with E-state index in [0.29, 0.717) is 36.8 Å². The molecule has 0 bridgehead atoms. The third-order valence-electron chi connectivity index (χ3n) is 7.96. The molecule has 0 radical (unpaired) electrons. The van der Waals surface area contributed by atoms with Crippen LogP contribution in [-0.2, 0) is 29.0 Å². The van der Waals surface area contributed by atoms with Crippen LogP contribution < -0.4 is 20.5 Å². The summed E-state index contributed by atoms with van der Waals surface area (Å²) in [4.78, 5) is 24.6. The average Bonchev–Trinajstić information content (AvgIpc) is 3.49. The molecule has 0 fully saturated rings. The second-order valence-electron chi connectivity index (χ2n) is 11.4. The molecule has 3 N–H and O–H groups in total. The molecule has 242 valence electrons. The molecule has 0 unspecified atom stereocenters. The number of carbonyl (C=O) groups excluding carboxylic acids is 1. The van der Waals surface area contributed by atoms with Crippen LogP contribution in [0, 0.1) is 0 Å². The van der Waals surface area contributed by atoms with Gasteiger partial charge in [0.15, 0.2) is 11.6 Å². The summed E-state index contributed by atoms with van der Waals surface area (Å²) in [6.07, 6.45) is -0.0571. The van der Waals surface area contributed by atoms with Crippen molar-refractivity contribution in [2.24, 2.45) is 10.1 Å². The van der Waals surface area contributed by atoms with Gasteiger partial charge < -0.3 is 19.5 Å². The summed E-state index contributed by atoms with van der Waals surface area (Å²) in [6, 6.07) is 32.5. The Morgan fingerprint density at radius 3 is 2.38 bits per heavy atom. The summed E-state index contributed by atoms with van der Waals surface area (Å²) >= 11 is 0. The van der Waals surface area contributed by atoms with Crippen LogP contribution in [0.2, 0.25) is 0 Å². The summed E-state index contributed by atoms with van der Waals surface area (Å²) < 4.78 is 12.3. The minimum absolute atomic E-state index is 0.0529. The fourth-order valence-electron chi connectivity index (χ4n) is 5.44. The summed E-state index contributed by atoms with van der Waals surface area (Å²) in [6.45, 7) is 0.983. The number of azide groups is 1. The van der Waals surface area contributed by atoms with Crippen LogP contribution in [0.1, 0.15) is 40.3 Å². The lowest BCUT2D eigenvalue weighted by molar-refractivity contribution is -0.130. The van der Waals surface area contributed by atoms with Gasteiger partial charge in [0.25, 0.3) is 5.91 Å². The number of amides is 1. The van der Waals surface area contributed by atoms with Crippen molar-refractivity contribution < 1.29 is 19.4 Å². The van der Waals surface area contributed by atoms with E-state index in [0.717, 1.165) is 27.9 Å². The Hall–Kier alpha value is -5.35. The maximum atomic E-state index is 14.5. The Morgan fingerprint density at radius 1 is 1.00 bits per heavy atom. The Kier molecular flexibility index (Phi) is 11.1. The number of hydrogen-bond acceptors (Lipinski definition) is 8. The van der Waals surface area contributed by atoms with Gasteiger partial charge in [0.2, 0.25) is 5.90 Å². The van der Waals surface area contributed by atoms with Crippen molar-refractivity contribution in [3.8, 4) is 5.75 Å². The first kappa shape index (κ1) is 33.0. The topological polar surface area (TPSA) is 144 Å². The Bertz CT molecular complexity index is 1710. The number of hydrogen-bond donors (Lipinski definition) is 3. The van der Waals surface area contributed by atoms with Gasteiger partial charge in [-0.05, 0) is 64.2 Å².